The first-order valence-electron chi connectivity index (χ1n) is 5.57. The van der Waals surface area contributed by atoms with Gasteiger partial charge in [-0.1, -0.05) is 29.4 Å². The number of hydrogen-bond donors (Lipinski definition) is 1. The van der Waals surface area contributed by atoms with E-state index in [1.165, 1.54) is 5.56 Å². The smallest absolute Gasteiger partial charge is 0.115 e. The van der Waals surface area contributed by atoms with Crippen molar-refractivity contribution in [2.75, 3.05) is 0 Å². The third-order valence-electron chi connectivity index (χ3n) is 2.51. The average molecular weight is 259 g/mol. The summed E-state index contributed by atoms with van der Waals surface area (Å²) in [5, 5.41) is 12.0. The summed E-state index contributed by atoms with van der Waals surface area (Å²) in [5.74, 6) is 1.14. The van der Waals surface area contributed by atoms with Crippen molar-refractivity contribution >= 4 is 11.8 Å². The number of nitroso groups, excluding NO2 is 1. The summed E-state index contributed by atoms with van der Waals surface area (Å²) in [7, 11) is 0. The summed E-state index contributed by atoms with van der Waals surface area (Å²) >= 11 is 1.71. The summed E-state index contributed by atoms with van der Waals surface area (Å²) in [6.45, 7) is 0.228. The number of benzene rings is 2. The lowest BCUT2D eigenvalue weighted by Crippen LogP contribution is -1.84. The molecule has 18 heavy (non-hydrogen) atoms. The highest BCUT2D eigenvalue weighted by molar-refractivity contribution is 7.98. The lowest BCUT2D eigenvalue weighted by atomic mass is 10.1. The van der Waals surface area contributed by atoms with Gasteiger partial charge in [-0.15, -0.1) is 11.8 Å². The fraction of sp³-hybridized carbons (Fsp3) is 0.143. The van der Waals surface area contributed by atoms with E-state index in [9.17, 15) is 10.0 Å². The molecule has 0 saturated heterocycles. The third-order valence-corrected chi connectivity index (χ3v) is 3.60. The van der Waals surface area contributed by atoms with E-state index in [2.05, 4.69) is 5.18 Å². The Morgan fingerprint density at radius 2 is 1.56 bits per heavy atom. The Balaban J connectivity index is 1.93. The first-order chi connectivity index (χ1) is 8.78. The zero-order chi connectivity index (χ0) is 12.8. The normalized spacial score (nSPS) is 10.2. The van der Waals surface area contributed by atoms with Gasteiger partial charge in [-0.05, 0) is 35.4 Å². The van der Waals surface area contributed by atoms with Crippen molar-refractivity contribution in [1.29, 1.82) is 0 Å². The Morgan fingerprint density at radius 3 is 2.17 bits per heavy atom. The Bertz CT molecular complexity index is 508. The van der Waals surface area contributed by atoms with E-state index in [0.29, 0.717) is 0 Å². The summed E-state index contributed by atoms with van der Waals surface area (Å²) in [4.78, 5) is 11.2. The first-order valence-corrected chi connectivity index (χ1v) is 6.55. The summed E-state index contributed by atoms with van der Waals surface area (Å²) in [6.07, 6.45) is 0. The molecule has 2 aromatic rings. The van der Waals surface area contributed by atoms with Crippen LogP contribution < -0.4 is 0 Å². The molecule has 0 unspecified atom stereocenters. The minimum absolute atomic E-state index is 0.228. The van der Waals surface area contributed by atoms with Gasteiger partial charge in [0.2, 0.25) is 0 Å². The van der Waals surface area contributed by atoms with E-state index in [1.54, 1.807) is 23.9 Å². The Morgan fingerprint density at radius 1 is 0.944 bits per heavy atom. The molecule has 0 atom stereocenters. The largest absolute Gasteiger partial charge is 0.508 e. The molecule has 4 heteroatoms. The molecule has 0 amide bonds. The van der Waals surface area contributed by atoms with E-state index in [1.807, 2.05) is 36.4 Å². The van der Waals surface area contributed by atoms with Crippen molar-refractivity contribution in [2.45, 2.75) is 17.2 Å². The number of thioether (sulfide) groups is 1. The minimum atomic E-state index is 0.228. The Hall–Kier alpha value is -1.81. The van der Waals surface area contributed by atoms with Crippen molar-refractivity contribution in [1.82, 2.24) is 0 Å². The molecule has 0 aromatic heterocycles. The van der Waals surface area contributed by atoms with Crippen LogP contribution in [0.15, 0.2) is 58.6 Å². The molecular formula is C14H13NO2S. The second-order valence-corrected chi connectivity index (χ2v) is 4.94. The zero-order valence-corrected chi connectivity index (χ0v) is 10.6. The molecule has 0 spiro atoms. The maximum atomic E-state index is 10.1. The number of aromatic hydroxyl groups is 1. The van der Waals surface area contributed by atoms with Crippen LogP contribution in [0.5, 0.6) is 5.75 Å². The van der Waals surface area contributed by atoms with Crippen LogP contribution in [0.1, 0.15) is 11.1 Å². The topological polar surface area (TPSA) is 49.7 Å². The second kappa shape index (κ2) is 6.21. The number of phenols is 1. The molecule has 0 aliphatic carbocycles. The molecule has 3 nitrogen and oxygen atoms in total. The molecule has 2 rings (SSSR count). The van der Waals surface area contributed by atoms with E-state index < -0.39 is 0 Å². The monoisotopic (exact) mass is 259 g/mol. The van der Waals surface area contributed by atoms with Gasteiger partial charge >= 0.3 is 0 Å². The molecule has 0 aliphatic heterocycles. The third kappa shape index (κ3) is 3.60. The van der Waals surface area contributed by atoms with Crippen molar-refractivity contribution < 1.29 is 5.11 Å². The highest BCUT2D eigenvalue weighted by Gasteiger charge is 1.98. The predicted octanol–water partition coefficient (Wildman–Crippen LogP) is 3.95. The summed E-state index contributed by atoms with van der Waals surface area (Å²) in [5.41, 5.74) is 2.13. The molecule has 0 radical (unpaired) electrons. The lowest BCUT2D eigenvalue weighted by molar-refractivity contribution is 0.475. The highest BCUT2D eigenvalue weighted by Crippen LogP contribution is 2.24. The summed E-state index contributed by atoms with van der Waals surface area (Å²) < 4.78 is 0. The van der Waals surface area contributed by atoms with Gasteiger partial charge in [0, 0.05) is 10.6 Å². The van der Waals surface area contributed by atoms with Crippen LogP contribution in [0.4, 0.5) is 0 Å². The summed E-state index contributed by atoms with van der Waals surface area (Å²) in [6, 6.07) is 15.0. The Kier molecular flexibility index (Phi) is 4.36. The van der Waals surface area contributed by atoms with Crippen LogP contribution in [0.25, 0.3) is 0 Å². The van der Waals surface area contributed by atoms with Crippen molar-refractivity contribution in [3.05, 3.63) is 64.6 Å². The highest BCUT2D eigenvalue weighted by atomic mass is 32.2. The van der Waals surface area contributed by atoms with Crippen LogP contribution >= 0.6 is 11.8 Å². The van der Waals surface area contributed by atoms with Crippen LogP contribution in [-0.2, 0) is 12.3 Å². The molecule has 0 aliphatic rings. The van der Waals surface area contributed by atoms with E-state index in [4.69, 9.17) is 0 Å². The van der Waals surface area contributed by atoms with E-state index >= 15 is 0 Å². The number of hydrogen-bond acceptors (Lipinski definition) is 4. The van der Waals surface area contributed by atoms with Crippen molar-refractivity contribution in [2.24, 2.45) is 5.18 Å². The average Bonchev–Trinajstić information content (AvgIpc) is 2.40. The molecule has 0 bridgehead atoms. The maximum Gasteiger partial charge on any atom is 0.115 e. The van der Waals surface area contributed by atoms with Crippen molar-refractivity contribution in [3.63, 3.8) is 0 Å². The van der Waals surface area contributed by atoms with Crippen molar-refractivity contribution in [3.8, 4) is 5.75 Å². The van der Waals surface area contributed by atoms with E-state index in [-0.39, 0.29) is 12.3 Å². The van der Waals surface area contributed by atoms with Crippen LogP contribution in [0.3, 0.4) is 0 Å². The quantitative estimate of drug-likeness (QED) is 0.653. The van der Waals surface area contributed by atoms with Crippen LogP contribution in [0, 0.1) is 4.91 Å². The van der Waals surface area contributed by atoms with Gasteiger partial charge in [0.25, 0.3) is 0 Å². The number of rotatable bonds is 5. The fourth-order valence-electron chi connectivity index (χ4n) is 1.52. The molecular weight excluding hydrogens is 246 g/mol. The lowest BCUT2D eigenvalue weighted by Gasteiger charge is -2.03. The number of nitrogens with zero attached hydrogens (tertiary/aromatic N) is 1. The van der Waals surface area contributed by atoms with Gasteiger partial charge in [-0.2, -0.15) is 4.91 Å². The minimum Gasteiger partial charge on any atom is -0.508 e. The van der Waals surface area contributed by atoms with Gasteiger partial charge in [-0.25, -0.2) is 0 Å². The van der Waals surface area contributed by atoms with Gasteiger partial charge in [-0.3, -0.25) is 0 Å². The molecule has 0 fully saturated rings. The molecule has 92 valence electrons. The van der Waals surface area contributed by atoms with Gasteiger partial charge in [0.15, 0.2) is 0 Å². The molecule has 0 saturated carbocycles. The zero-order valence-electron chi connectivity index (χ0n) is 9.74. The molecule has 0 heterocycles. The fourth-order valence-corrected chi connectivity index (χ4v) is 2.38. The first kappa shape index (κ1) is 12.6. The van der Waals surface area contributed by atoms with Gasteiger partial charge in [0.1, 0.15) is 12.3 Å². The van der Waals surface area contributed by atoms with Crippen LogP contribution in [-0.4, -0.2) is 5.11 Å². The second-order valence-electron chi connectivity index (χ2n) is 3.89. The molecule has 2 aromatic carbocycles. The van der Waals surface area contributed by atoms with Gasteiger partial charge < -0.3 is 5.11 Å². The maximum absolute atomic E-state index is 10.1. The standard InChI is InChI=1S/C14H13NO2S/c16-13-5-7-14(8-6-13)18-10-12-3-1-11(2-4-12)9-15-17/h1-8,16H,9-10H2. The van der Waals surface area contributed by atoms with E-state index in [0.717, 1.165) is 16.2 Å². The molecule has 1 N–H and O–H groups in total. The predicted molar refractivity (Wildman–Crippen MR) is 73.6 cm³/mol. The van der Waals surface area contributed by atoms with Crippen LogP contribution in [0.2, 0.25) is 0 Å². The Labute approximate surface area is 110 Å². The SMILES string of the molecule is O=NCc1ccc(CSc2ccc(O)cc2)cc1. The number of phenolic OH excluding ortho intramolecular Hbond substituents is 1. The van der Waals surface area contributed by atoms with Gasteiger partial charge in [0.05, 0.1) is 0 Å².